The summed E-state index contributed by atoms with van der Waals surface area (Å²) in [5.41, 5.74) is 8.58. The second-order valence-electron chi connectivity index (χ2n) is 3.94. The van der Waals surface area contributed by atoms with Crippen LogP contribution in [0.5, 0.6) is 0 Å². The van der Waals surface area contributed by atoms with E-state index in [1.807, 2.05) is 32.0 Å². The first-order chi connectivity index (χ1) is 8.74. The highest BCUT2D eigenvalue weighted by Gasteiger charge is 2.12. The maximum Gasteiger partial charge on any atom is 0.182 e. The molecule has 0 amide bonds. The van der Waals surface area contributed by atoms with Gasteiger partial charge in [-0.1, -0.05) is 12.1 Å². The van der Waals surface area contributed by atoms with Crippen LogP contribution in [0.1, 0.15) is 12.5 Å². The number of tetrazole rings is 1. The van der Waals surface area contributed by atoms with E-state index in [-0.39, 0.29) is 0 Å². The second kappa shape index (κ2) is 5.59. The molecule has 2 aromatic rings. The molecule has 0 aliphatic rings. The lowest BCUT2D eigenvalue weighted by molar-refractivity contribution is 0.136. The van der Waals surface area contributed by atoms with Gasteiger partial charge < -0.3 is 10.5 Å². The largest absolute Gasteiger partial charge is 0.398 e. The van der Waals surface area contributed by atoms with Gasteiger partial charge in [-0.2, -0.15) is 0 Å². The van der Waals surface area contributed by atoms with E-state index in [4.69, 9.17) is 10.5 Å². The summed E-state index contributed by atoms with van der Waals surface area (Å²) in [7, 11) is 0. The van der Waals surface area contributed by atoms with Crippen LogP contribution in [-0.2, 0) is 11.3 Å². The molecule has 0 atom stereocenters. The molecule has 6 heteroatoms. The monoisotopic (exact) mass is 247 g/mol. The van der Waals surface area contributed by atoms with E-state index >= 15 is 0 Å². The molecule has 1 aromatic heterocycles. The van der Waals surface area contributed by atoms with Gasteiger partial charge in [0.05, 0.1) is 13.2 Å². The van der Waals surface area contributed by atoms with Gasteiger partial charge in [0.25, 0.3) is 0 Å². The fourth-order valence-corrected chi connectivity index (χ4v) is 1.74. The number of aromatic nitrogens is 4. The first-order valence-electron chi connectivity index (χ1n) is 5.93. The van der Waals surface area contributed by atoms with Crippen molar-refractivity contribution in [3.63, 3.8) is 0 Å². The standard InChI is InChI=1S/C12H17N5O/c1-3-18-8-7-17-12(14-15-16-17)10-5-4-6-11(13)9(10)2/h4-6H,3,7-8,13H2,1-2H3. The molecule has 2 N–H and O–H groups in total. The van der Waals surface area contributed by atoms with Crippen molar-refractivity contribution in [2.24, 2.45) is 0 Å². The van der Waals surface area contributed by atoms with Crippen molar-refractivity contribution in [3.05, 3.63) is 23.8 Å². The Morgan fingerprint density at radius 2 is 2.22 bits per heavy atom. The summed E-state index contributed by atoms with van der Waals surface area (Å²) in [4.78, 5) is 0. The number of hydrogen-bond acceptors (Lipinski definition) is 5. The van der Waals surface area contributed by atoms with Gasteiger partial charge in [-0.05, 0) is 35.9 Å². The molecule has 0 aliphatic heterocycles. The molecule has 0 aliphatic carbocycles. The first kappa shape index (κ1) is 12.5. The predicted octanol–water partition coefficient (Wildman–Crippen LogP) is 1.27. The number of ether oxygens (including phenoxy) is 1. The molecule has 1 aromatic carbocycles. The van der Waals surface area contributed by atoms with E-state index < -0.39 is 0 Å². The van der Waals surface area contributed by atoms with Gasteiger partial charge >= 0.3 is 0 Å². The topological polar surface area (TPSA) is 78.8 Å². The SMILES string of the molecule is CCOCCn1nnnc1-c1cccc(N)c1C. The van der Waals surface area contributed by atoms with Gasteiger partial charge in [0.1, 0.15) is 0 Å². The van der Waals surface area contributed by atoms with Crippen LogP contribution in [0, 0.1) is 6.92 Å². The fourth-order valence-electron chi connectivity index (χ4n) is 1.74. The molecule has 0 radical (unpaired) electrons. The summed E-state index contributed by atoms with van der Waals surface area (Å²) in [6.07, 6.45) is 0. The van der Waals surface area contributed by atoms with Gasteiger partial charge in [0.15, 0.2) is 5.82 Å². The van der Waals surface area contributed by atoms with Gasteiger partial charge in [0, 0.05) is 17.9 Å². The van der Waals surface area contributed by atoms with Crippen LogP contribution in [0.3, 0.4) is 0 Å². The average molecular weight is 247 g/mol. The van der Waals surface area contributed by atoms with Crippen LogP contribution in [0.4, 0.5) is 5.69 Å². The van der Waals surface area contributed by atoms with Crippen molar-refractivity contribution in [1.29, 1.82) is 0 Å². The van der Waals surface area contributed by atoms with Gasteiger partial charge in [0.2, 0.25) is 0 Å². The Hall–Kier alpha value is -1.95. The number of nitrogens with two attached hydrogens (primary N) is 1. The van der Waals surface area contributed by atoms with Crippen LogP contribution in [-0.4, -0.2) is 33.4 Å². The average Bonchev–Trinajstić information content (AvgIpc) is 2.81. The number of benzene rings is 1. The maximum atomic E-state index is 5.90. The summed E-state index contributed by atoms with van der Waals surface area (Å²) in [6.45, 7) is 5.84. The van der Waals surface area contributed by atoms with Crippen LogP contribution >= 0.6 is 0 Å². The quantitative estimate of drug-likeness (QED) is 0.635. The summed E-state index contributed by atoms with van der Waals surface area (Å²) in [5.74, 6) is 0.722. The fraction of sp³-hybridized carbons (Fsp3) is 0.417. The number of hydrogen-bond donors (Lipinski definition) is 1. The van der Waals surface area contributed by atoms with E-state index in [0.29, 0.717) is 19.8 Å². The van der Waals surface area contributed by atoms with Crippen molar-refractivity contribution in [2.75, 3.05) is 18.9 Å². The lowest BCUT2D eigenvalue weighted by Gasteiger charge is -2.08. The number of nitrogens with zero attached hydrogens (tertiary/aromatic N) is 4. The Bertz CT molecular complexity index is 523. The van der Waals surface area contributed by atoms with E-state index in [0.717, 1.165) is 22.6 Å². The Morgan fingerprint density at radius 3 is 3.00 bits per heavy atom. The zero-order valence-electron chi connectivity index (χ0n) is 10.6. The maximum absolute atomic E-state index is 5.90. The number of nitrogen functional groups attached to an aromatic ring is 1. The highest BCUT2D eigenvalue weighted by atomic mass is 16.5. The van der Waals surface area contributed by atoms with Gasteiger partial charge in [-0.3, -0.25) is 0 Å². The third-order valence-electron chi connectivity index (χ3n) is 2.80. The van der Waals surface area contributed by atoms with Crippen molar-refractivity contribution >= 4 is 5.69 Å². The molecule has 18 heavy (non-hydrogen) atoms. The van der Waals surface area contributed by atoms with E-state index in [1.54, 1.807) is 4.68 Å². The minimum absolute atomic E-state index is 0.593. The van der Waals surface area contributed by atoms with Crippen molar-refractivity contribution < 1.29 is 4.74 Å². The molecular formula is C12H17N5O. The Morgan fingerprint density at radius 1 is 1.39 bits per heavy atom. The predicted molar refractivity (Wildman–Crippen MR) is 68.9 cm³/mol. The Kier molecular flexibility index (Phi) is 3.88. The third-order valence-corrected chi connectivity index (χ3v) is 2.80. The van der Waals surface area contributed by atoms with Crippen LogP contribution in [0.25, 0.3) is 11.4 Å². The summed E-state index contributed by atoms with van der Waals surface area (Å²) in [5, 5.41) is 11.7. The number of anilines is 1. The van der Waals surface area contributed by atoms with E-state index in [1.165, 1.54) is 0 Å². The second-order valence-corrected chi connectivity index (χ2v) is 3.94. The molecule has 0 bridgehead atoms. The normalized spacial score (nSPS) is 10.8. The highest BCUT2D eigenvalue weighted by Crippen LogP contribution is 2.24. The lowest BCUT2D eigenvalue weighted by Crippen LogP contribution is -2.09. The molecule has 0 spiro atoms. The molecule has 0 fully saturated rings. The zero-order chi connectivity index (χ0) is 13.0. The summed E-state index contributed by atoms with van der Waals surface area (Å²) >= 11 is 0. The Balaban J connectivity index is 2.28. The molecule has 96 valence electrons. The molecule has 0 saturated carbocycles. The van der Waals surface area contributed by atoms with Gasteiger partial charge in [-0.25, -0.2) is 4.68 Å². The highest BCUT2D eigenvalue weighted by molar-refractivity contribution is 5.67. The number of rotatable bonds is 5. The zero-order valence-corrected chi connectivity index (χ0v) is 10.6. The smallest absolute Gasteiger partial charge is 0.182 e. The van der Waals surface area contributed by atoms with E-state index in [2.05, 4.69) is 15.5 Å². The molecule has 6 nitrogen and oxygen atoms in total. The lowest BCUT2D eigenvalue weighted by atomic mass is 10.1. The summed E-state index contributed by atoms with van der Waals surface area (Å²) < 4.78 is 7.04. The molecule has 2 rings (SSSR count). The van der Waals surface area contributed by atoms with Crippen molar-refractivity contribution in [2.45, 2.75) is 20.4 Å². The Labute approximate surface area is 106 Å². The molecule has 0 unspecified atom stereocenters. The third kappa shape index (κ3) is 2.48. The van der Waals surface area contributed by atoms with Crippen molar-refractivity contribution in [1.82, 2.24) is 20.2 Å². The molecule has 1 heterocycles. The van der Waals surface area contributed by atoms with Crippen molar-refractivity contribution in [3.8, 4) is 11.4 Å². The van der Waals surface area contributed by atoms with Crippen LogP contribution in [0.2, 0.25) is 0 Å². The first-order valence-corrected chi connectivity index (χ1v) is 5.93. The van der Waals surface area contributed by atoms with Gasteiger partial charge in [-0.15, -0.1) is 5.10 Å². The minimum atomic E-state index is 0.593. The molecular weight excluding hydrogens is 230 g/mol. The summed E-state index contributed by atoms with van der Waals surface area (Å²) in [6, 6.07) is 5.74. The van der Waals surface area contributed by atoms with Crippen LogP contribution in [0.15, 0.2) is 18.2 Å². The van der Waals surface area contributed by atoms with Crippen LogP contribution < -0.4 is 5.73 Å². The minimum Gasteiger partial charge on any atom is -0.398 e. The molecule has 0 saturated heterocycles. The van der Waals surface area contributed by atoms with E-state index in [9.17, 15) is 0 Å².